The maximum absolute atomic E-state index is 15.1. The summed E-state index contributed by atoms with van der Waals surface area (Å²) < 4.78 is 65.6. The Labute approximate surface area is 219 Å². The van der Waals surface area contributed by atoms with E-state index in [-0.39, 0.29) is 13.1 Å². The minimum Gasteiger partial charge on any atom is -0.451 e. The lowest BCUT2D eigenvalue weighted by molar-refractivity contribution is 0.0956. The molecular formula is C24H16Cl4F4N2O. The lowest BCUT2D eigenvalue weighted by Gasteiger charge is -2.34. The van der Waals surface area contributed by atoms with Crippen LogP contribution in [0.15, 0.2) is 104 Å². The third kappa shape index (κ3) is 5.14. The Morgan fingerprint density at radius 3 is 1.31 bits per heavy atom. The van der Waals surface area contributed by atoms with Crippen LogP contribution in [0.2, 0.25) is 0 Å². The van der Waals surface area contributed by atoms with Crippen molar-refractivity contribution in [2.75, 3.05) is 0 Å². The Kier molecular flexibility index (Phi) is 7.91. The van der Waals surface area contributed by atoms with Crippen molar-refractivity contribution in [2.45, 2.75) is 25.7 Å². The molecule has 0 saturated carbocycles. The molecule has 2 heterocycles. The molecule has 2 aromatic carbocycles. The SMILES string of the molecule is FC1=C(Cl)C(OC2=C(Cl)C(F)N(Cc3ccccc3)C(F)=C2Cl)=C(Cl)C(F)N1Cc1ccccc1. The quantitative estimate of drug-likeness (QED) is 0.259. The smallest absolute Gasteiger partial charge is 0.215 e. The van der Waals surface area contributed by atoms with Gasteiger partial charge in [0.2, 0.25) is 24.5 Å². The number of hydrogen-bond donors (Lipinski definition) is 0. The van der Waals surface area contributed by atoms with Crippen molar-refractivity contribution in [3.63, 3.8) is 0 Å². The van der Waals surface area contributed by atoms with Crippen LogP contribution in [0, 0.1) is 0 Å². The highest BCUT2D eigenvalue weighted by Crippen LogP contribution is 2.45. The Morgan fingerprint density at radius 2 is 0.971 bits per heavy atom. The molecule has 0 N–H and O–H groups in total. The summed E-state index contributed by atoms with van der Waals surface area (Å²) in [6, 6.07) is 17.0. The molecule has 2 aliphatic heterocycles. The molecular weight excluding hydrogens is 550 g/mol. The summed E-state index contributed by atoms with van der Waals surface area (Å²) in [5, 5.41) is -2.69. The van der Waals surface area contributed by atoms with E-state index in [1.807, 2.05) is 0 Å². The van der Waals surface area contributed by atoms with Gasteiger partial charge in [-0.15, -0.1) is 0 Å². The van der Waals surface area contributed by atoms with Gasteiger partial charge in [-0.05, 0) is 11.1 Å². The van der Waals surface area contributed by atoms with E-state index >= 15 is 17.6 Å². The van der Waals surface area contributed by atoms with Crippen molar-refractivity contribution in [1.29, 1.82) is 0 Å². The predicted octanol–water partition coefficient (Wildman–Crippen LogP) is 8.28. The number of rotatable bonds is 6. The summed E-state index contributed by atoms with van der Waals surface area (Å²) in [4.78, 5) is 1.36. The molecule has 0 radical (unpaired) electrons. The standard InChI is InChI=1S/C24H16Cl4F4N2O/c25-15-19(16(26)22(30)33(21(15)29)11-13-7-3-1-4-8-13)35-20-17(27)23(31)34(24(32)18(20)28)12-14-9-5-2-6-10-14/h1-10,21,23H,11-12H2. The second-order valence-corrected chi connectivity index (χ2v) is 9.13. The van der Waals surface area contributed by atoms with Gasteiger partial charge in [0.15, 0.2) is 11.5 Å². The van der Waals surface area contributed by atoms with Crippen LogP contribution in [-0.2, 0) is 17.8 Å². The van der Waals surface area contributed by atoms with Gasteiger partial charge in [0.1, 0.15) is 20.1 Å². The largest absolute Gasteiger partial charge is 0.451 e. The molecule has 0 amide bonds. The predicted molar refractivity (Wildman–Crippen MR) is 129 cm³/mol. The van der Waals surface area contributed by atoms with Gasteiger partial charge in [0.05, 0.1) is 0 Å². The van der Waals surface area contributed by atoms with Gasteiger partial charge < -0.3 is 14.5 Å². The maximum atomic E-state index is 15.1. The minimum absolute atomic E-state index is 0.187. The van der Waals surface area contributed by atoms with Crippen LogP contribution >= 0.6 is 46.4 Å². The zero-order chi connectivity index (χ0) is 25.3. The summed E-state index contributed by atoms with van der Waals surface area (Å²) >= 11 is 24.4. The number of halogens is 8. The molecule has 0 aromatic heterocycles. The van der Waals surface area contributed by atoms with E-state index in [4.69, 9.17) is 51.1 Å². The van der Waals surface area contributed by atoms with Crippen LogP contribution in [0.25, 0.3) is 0 Å². The molecule has 0 spiro atoms. The average molecular weight is 566 g/mol. The van der Waals surface area contributed by atoms with Crippen LogP contribution in [0.3, 0.4) is 0 Å². The van der Waals surface area contributed by atoms with E-state index in [0.29, 0.717) is 20.9 Å². The second-order valence-electron chi connectivity index (χ2n) is 7.56. The highest BCUT2D eigenvalue weighted by Gasteiger charge is 2.40. The molecule has 2 unspecified atom stereocenters. The van der Waals surface area contributed by atoms with Gasteiger partial charge >= 0.3 is 0 Å². The fourth-order valence-electron chi connectivity index (χ4n) is 3.49. The van der Waals surface area contributed by atoms with Gasteiger partial charge in [-0.25, -0.2) is 8.78 Å². The Hall–Kier alpha value is -2.32. The van der Waals surface area contributed by atoms with Crippen LogP contribution in [0.1, 0.15) is 11.1 Å². The van der Waals surface area contributed by atoms with E-state index in [2.05, 4.69) is 0 Å². The van der Waals surface area contributed by atoms with Crippen molar-refractivity contribution in [2.24, 2.45) is 0 Å². The normalized spacial score (nSPS) is 21.4. The van der Waals surface area contributed by atoms with E-state index < -0.39 is 56.1 Å². The van der Waals surface area contributed by atoms with Gasteiger partial charge in [-0.3, -0.25) is 0 Å². The second kappa shape index (κ2) is 10.7. The Morgan fingerprint density at radius 1 is 0.629 bits per heavy atom. The fraction of sp³-hybridized carbons (Fsp3) is 0.167. The topological polar surface area (TPSA) is 15.7 Å². The minimum atomic E-state index is -2.19. The lowest BCUT2D eigenvalue weighted by Crippen LogP contribution is -2.36. The van der Waals surface area contributed by atoms with Crippen LogP contribution < -0.4 is 0 Å². The van der Waals surface area contributed by atoms with Crippen LogP contribution in [0.4, 0.5) is 17.6 Å². The molecule has 35 heavy (non-hydrogen) atoms. The average Bonchev–Trinajstić information content (AvgIpc) is 2.87. The summed E-state index contributed by atoms with van der Waals surface area (Å²) in [5.74, 6) is -3.74. The molecule has 0 fully saturated rings. The first-order valence-corrected chi connectivity index (χ1v) is 11.7. The molecule has 184 valence electrons. The number of hydrogen-bond acceptors (Lipinski definition) is 3. The van der Waals surface area contributed by atoms with E-state index in [0.717, 1.165) is 0 Å². The fourth-order valence-corrected chi connectivity index (χ4v) is 4.58. The van der Waals surface area contributed by atoms with Crippen molar-refractivity contribution >= 4 is 46.4 Å². The third-order valence-electron chi connectivity index (χ3n) is 5.26. The summed E-state index contributed by atoms with van der Waals surface area (Å²) in [6.45, 7) is -0.374. The van der Waals surface area contributed by atoms with Gasteiger partial charge in [0, 0.05) is 13.1 Å². The highest BCUT2D eigenvalue weighted by atomic mass is 35.5. The summed E-state index contributed by atoms with van der Waals surface area (Å²) in [7, 11) is 0. The molecule has 2 aliphatic rings. The molecule has 11 heteroatoms. The number of ether oxygens (including phenoxy) is 1. The third-order valence-corrected chi connectivity index (χ3v) is 6.62. The van der Waals surface area contributed by atoms with E-state index in [1.165, 1.54) is 0 Å². The molecule has 2 aromatic rings. The zero-order valence-corrected chi connectivity index (χ0v) is 20.7. The van der Waals surface area contributed by atoms with E-state index in [9.17, 15) is 0 Å². The molecule has 0 aliphatic carbocycles. The van der Waals surface area contributed by atoms with Crippen LogP contribution in [-0.4, -0.2) is 22.4 Å². The molecule has 2 atom stereocenters. The van der Waals surface area contributed by atoms with Gasteiger partial charge in [-0.2, -0.15) is 8.78 Å². The number of allylic oxidation sites excluding steroid dienone is 2. The van der Waals surface area contributed by atoms with Crippen molar-refractivity contribution < 1.29 is 22.3 Å². The Bertz CT molecular complexity index is 1140. The molecule has 3 nitrogen and oxygen atoms in total. The first-order valence-electron chi connectivity index (χ1n) is 10.2. The molecule has 0 bridgehead atoms. The van der Waals surface area contributed by atoms with Crippen molar-refractivity contribution in [3.8, 4) is 0 Å². The van der Waals surface area contributed by atoms with Crippen molar-refractivity contribution in [3.05, 3.63) is 115 Å². The molecule has 0 saturated heterocycles. The highest BCUT2D eigenvalue weighted by molar-refractivity contribution is 6.37. The van der Waals surface area contributed by atoms with Gasteiger partial charge in [-0.1, -0.05) is 107 Å². The van der Waals surface area contributed by atoms with Crippen molar-refractivity contribution in [1.82, 2.24) is 9.80 Å². The lowest BCUT2D eigenvalue weighted by atomic mass is 10.2. The first kappa shape index (κ1) is 25.8. The Balaban J connectivity index is 1.61. The number of alkyl halides is 2. The number of nitrogens with zero attached hydrogens (tertiary/aromatic N) is 2. The van der Waals surface area contributed by atoms with Crippen LogP contribution in [0.5, 0.6) is 0 Å². The van der Waals surface area contributed by atoms with Gasteiger partial charge in [0.25, 0.3) is 0 Å². The monoisotopic (exact) mass is 564 g/mol. The maximum Gasteiger partial charge on any atom is 0.215 e. The zero-order valence-electron chi connectivity index (χ0n) is 17.7. The van der Waals surface area contributed by atoms with E-state index in [1.54, 1.807) is 60.7 Å². The summed E-state index contributed by atoms with van der Waals surface area (Å²) in [6.07, 6.45) is -4.39. The number of benzene rings is 2. The first-order chi connectivity index (χ1) is 16.7. The summed E-state index contributed by atoms with van der Waals surface area (Å²) in [5.41, 5.74) is 1.18. The molecule has 4 rings (SSSR count).